The van der Waals surface area contributed by atoms with E-state index in [-0.39, 0.29) is 0 Å². The Kier molecular flexibility index (Phi) is 3.41. The third kappa shape index (κ3) is 3.10. The number of aromatic nitrogens is 2. The topological polar surface area (TPSA) is 17.8 Å². The molecule has 0 atom stereocenters. The Morgan fingerprint density at radius 3 is 2.47 bits per heavy atom. The zero-order chi connectivity index (χ0) is 12.9. The van der Waals surface area contributed by atoms with Crippen molar-refractivity contribution < 1.29 is 0 Å². The molecule has 2 heteroatoms. The fraction of sp³-hybridized carbons (Fsp3) is 0.118. The van der Waals surface area contributed by atoms with Crippen molar-refractivity contribution in [3.63, 3.8) is 0 Å². The molecule has 0 bridgehead atoms. The zero-order valence-corrected chi connectivity index (χ0v) is 10.7. The molecule has 0 saturated carbocycles. The summed E-state index contributed by atoms with van der Waals surface area (Å²) in [7, 11) is 0. The molecule has 0 radical (unpaired) electrons. The molecule has 0 fully saturated rings. The lowest BCUT2D eigenvalue weighted by molar-refractivity contribution is 0.804. The summed E-state index contributed by atoms with van der Waals surface area (Å²) < 4.78 is 2.18. The summed E-state index contributed by atoms with van der Waals surface area (Å²) in [4.78, 5) is 4.37. The Hall–Kier alpha value is -2.35. The van der Waals surface area contributed by atoms with Crippen LogP contribution < -0.4 is 0 Å². The highest BCUT2D eigenvalue weighted by Gasteiger charge is 1.99. The van der Waals surface area contributed by atoms with E-state index in [1.54, 1.807) is 0 Å². The second-order valence-electron chi connectivity index (χ2n) is 4.67. The SMILES string of the molecule is c1ccc(Cc2cccc(Cn3cccc3)c2)nc1. The number of benzene rings is 1. The first-order valence-corrected chi connectivity index (χ1v) is 6.49. The summed E-state index contributed by atoms with van der Waals surface area (Å²) in [6, 6.07) is 18.9. The van der Waals surface area contributed by atoms with Crippen molar-refractivity contribution >= 4 is 0 Å². The maximum Gasteiger partial charge on any atom is 0.0470 e. The normalized spacial score (nSPS) is 10.5. The van der Waals surface area contributed by atoms with Crippen molar-refractivity contribution in [1.82, 2.24) is 9.55 Å². The molecule has 0 unspecified atom stereocenters. The van der Waals surface area contributed by atoms with E-state index in [4.69, 9.17) is 0 Å². The minimum Gasteiger partial charge on any atom is -0.350 e. The maximum absolute atomic E-state index is 4.37. The van der Waals surface area contributed by atoms with E-state index < -0.39 is 0 Å². The predicted octanol–water partition coefficient (Wildman–Crippen LogP) is 3.52. The van der Waals surface area contributed by atoms with Gasteiger partial charge in [-0.1, -0.05) is 30.3 Å². The van der Waals surface area contributed by atoms with Crippen LogP contribution in [0.5, 0.6) is 0 Å². The van der Waals surface area contributed by atoms with Gasteiger partial charge in [-0.2, -0.15) is 0 Å². The number of hydrogen-bond donors (Lipinski definition) is 0. The molecule has 0 saturated heterocycles. The van der Waals surface area contributed by atoms with Crippen LogP contribution in [-0.2, 0) is 13.0 Å². The average Bonchev–Trinajstić information content (AvgIpc) is 2.93. The minimum absolute atomic E-state index is 0.889. The highest BCUT2D eigenvalue weighted by atomic mass is 14.9. The largest absolute Gasteiger partial charge is 0.350 e. The predicted molar refractivity (Wildman–Crippen MR) is 77.0 cm³/mol. The molecule has 2 aromatic heterocycles. The zero-order valence-electron chi connectivity index (χ0n) is 10.7. The standard InChI is InChI=1S/C17H16N2/c1-2-9-18-17(8-1)13-15-6-5-7-16(12-15)14-19-10-3-4-11-19/h1-12H,13-14H2. The second kappa shape index (κ2) is 5.53. The first-order chi connectivity index (χ1) is 9.40. The van der Waals surface area contributed by atoms with Crippen LogP contribution in [0.1, 0.15) is 16.8 Å². The molecule has 94 valence electrons. The Labute approximate surface area is 113 Å². The van der Waals surface area contributed by atoms with E-state index in [0.29, 0.717) is 0 Å². The molecule has 2 heterocycles. The molecule has 0 amide bonds. The van der Waals surface area contributed by atoms with Gasteiger partial charge in [0.1, 0.15) is 0 Å². The smallest absolute Gasteiger partial charge is 0.0470 e. The van der Waals surface area contributed by atoms with Crippen molar-refractivity contribution in [2.45, 2.75) is 13.0 Å². The highest BCUT2D eigenvalue weighted by Crippen LogP contribution is 2.11. The summed E-state index contributed by atoms with van der Waals surface area (Å²) in [6.45, 7) is 0.920. The Balaban J connectivity index is 1.76. The van der Waals surface area contributed by atoms with Crippen LogP contribution in [0.2, 0.25) is 0 Å². The van der Waals surface area contributed by atoms with Gasteiger partial charge in [-0.15, -0.1) is 0 Å². The molecule has 19 heavy (non-hydrogen) atoms. The van der Waals surface area contributed by atoms with Gasteiger partial charge in [0, 0.05) is 37.3 Å². The van der Waals surface area contributed by atoms with Gasteiger partial charge in [0.25, 0.3) is 0 Å². The van der Waals surface area contributed by atoms with E-state index >= 15 is 0 Å². The summed E-state index contributed by atoms with van der Waals surface area (Å²) in [5, 5.41) is 0. The molecule has 2 nitrogen and oxygen atoms in total. The first-order valence-electron chi connectivity index (χ1n) is 6.49. The van der Waals surface area contributed by atoms with Gasteiger partial charge >= 0.3 is 0 Å². The van der Waals surface area contributed by atoms with E-state index in [1.165, 1.54) is 11.1 Å². The van der Waals surface area contributed by atoms with Crippen molar-refractivity contribution in [2.75, 3.05) is 0 Å². The van der Waals surface area contributed by atoms with Gasteiger partial charge in [-0.25, -0.2) is 0 Å². The van der Waals surface area contributed by atoms with Crippen LogP contribution in [0, 0.1) is 0 Å². The molecule has 0 aliphatic rings. The molecular formula is C17H16N2. The van der Waals surface area contributed by atoms with E-state index in [1.807, 2.05) is 18.3 Å². The van der Waals surface area contributed by atoms with Crippen LogP contribution in [0.15, 0.2) is 73.2 Å². The lowest BCUT2D eigenvalue weighted by atomic mass is 10.1. The van der Waals surface area contributed by atoms with Crippen LogP contribution in [0.4, 0.5) is 0 Å². The maximum atomic E-state index is 4.37. The molecule has 0 aliphatic heterocycles. The van der Waals surface area contributed by atoms with Crippen molar-refractivity contribution in [3.05, 3.63) is 90.0 Å². The second-order valence-corrected chi connectivity index (χ2v) is 4.67. The Morgan fingerprint density at radius 1 is 0.842 bits per heavy atom. The van der Waals surface area contributed by atoms with Crippen LogP contribution in [0.3, 0.4) is 0 Å². The molecule has 0 aliphatic carbocycles. The summed E-state index contributed by atoms with van der Waals surface area (Å²) in [5.74, 6) is 0. The average molecular weight is 248 g/mol. The number of pyridine rings is 1. The van der Waals surface area contributed by atoms with Crippen molar-refractivity contribution in [2.24, 2.45) is 0 Å². The van der Waals surface area contributed by atoms with Gasteiger partial charge in [-0.3, -0.25) is 4.98 Å². The van der Waals surface area contributed by atoms with Gasteiger partial charge in [0.05, 0.1) is 0 Å². The van der Waals surface area contributed by atoms with Gasteiger partial charge in [0.15, 0.2) is 0 Å². The number of hydrogen-bond acceptors (Lipinski definition) is 1. The first kappa shape index (κ1) is 11.7. The Bertz CT molecular complexity index is 627. The minimum atomic E-state index is 0.889. The summed E-state index contributed by atoms with van der Waals surface area (Å²) >= 11 is 0. The molecule has 0 N–H and O–H groups in total. The van der Waals surface area contributed by atoms with E-state index in [0.717, 1.165) is 18.7 Å². The lowest BCUT2D eigenvalue weighted by Gasteiger charge is -2.06. The molecule has 3 rings (SSSR count). The quantitative estimate of drug-likeness (QED) is 0.690. The Morgan fingerprint density at radius 2 is 1.68 bits per heavy atom. The fourth-order valence-electron chi connectivity index (χ4n) is 2.24. The molecular weight excluding hydrogens is 232 g/mol. The van der Waals surface area contributed by atoms with E-state index in [9.17, 15) is 0 Å². The van der Waals surface area contributed by atoms with Crippen LogP contribution in [-0.4, -0.2) is 9.55 Å². The molecule has 1 aromatic carbocycles. The summed E-state index contributed by atoms with van der Waals surface area (Å²) in [6.07, 6.45) is 6.91. The van der Waals surface area contributed by atoms with Gasteiger partial charge < -0.3 is 4.57 Å². The van der Waals surface area contributed by atoms with Gasteiger partial charge in [-0.05, 0) is 35.4 Å². The van der Waals surface area contributed by atoms with Crippen LogP contribution in [0.25, 0.3) is 0 Å². The van der Waals surface area contributed by atoms with Crippen LogP contribution >= 0.6 is 0 Å². The van der Waals surface area contributed by atoms with Gasteiger partial charge in [0.2, 0.25) is 0 Å². The highest BCUT2D eigenvalue weighted by molar-refractivity contribution is 5.27. The molecule has 0 spiro atoms. The number of nitrogens with zero attached hydrogens (tertiary/aromatic N) is 2. The third-order valence-corrected chi connectivity index (χ3v) is 3.13. The van der Waals surface area contributed by atoms with E-state index in [2.05, 4.69) is 64.4 Å². The third-order valence-electron chi connectivity index (χ3n) is 3.13. The lowest BCUT2D eigenvalue weighted by Crippen LogP contribution is -1.98. The monoisotopic (exact) mass is 248 g/mol. The van der Waals surface area contributed by atoms with Crippen molar-refractivity contribution in [1.29, 1.82) is 0 Å². The van der Waals surface area contributed by atoms with Crippen molar-refractivity contribution in [3.8, 4) is 0 Å². The number of rotatable bonds is 4. The summed E-state index contributed by atoms with van der Waals surface area (Å²) in [5.41, 5.74) is 3.74. The fourth-order valence-corrected chi connectivity index (χ4v) is 2.24. The molecule has 3 aromatic rings.